The Morgan fingerprint density at radius 1 is 1.15 bits per heavy atom. The maximum atomic E-state index is 11.7. The lowest BCUT2D eigenvalue weighted by molar-refractivity contribution is 0.297. The van der Waals surface area contributed by atoms with Gasteiger partial charge in [-0.3, -0.25) is 4.99 Å². The highest BCUT2D eigenvalue weighted by atomic mass is 32.2. The Morgan fingerprint density at radius 3 is 2.38 bits per heavy atom. The molecule has 0 heterocycles. The Morgan fingerprint density at radius 2 is 1.85 bits per heavy atom. The van der Waals surface area contributed by atoms with E-state index in [2.05, 4.69) is 34.4 Å². The van der Waals surface area contributed by atoms with Crippen LogP contribution in [0, 0.1) is 6.92 Å². The zero-order valence-electron chi connectivity index (χ0n) is 16.8. The normalized spacial score (nSPS) is 12.5. The molecule has 0 aliphatic rings. The van der Waals surface area contributed by atoms with Gasteiger partial charge in [-0.25, -0.2) is 8.42 Å². The number of hydrogen-bond donors (Lipinski definition) is 2. The first-order valence-electron chi connectivity index (χ1n) is 9.28. The van der Waals surface area contributed by atoms with Crippen LogP contribution < -0.4 is 10.6 Å². The number of hydrogen-bond acceptors (Lipinski definition) is 4. The van der Waals surface area contributed by atoms with Gasteiger partial charge in [-0.2, -0.15) is 0 Å². The molecule has 0 saturated carbocycles. The summed E-state index contributed by atoms with van der Waals surface area (Å²) in [6.07, 6.45) is 3.50. The number of sulfone groups is 1. The average molecular weight is 383 g/mol. The number of nitrogens with zero attached hydrogens (tertiary/aromatic N) is 2. The summed E-state index contributed by atoms with van der Waals surface area (Å²) in [6, 6.07) is 5.42. The lowest BCUT2D eigenvalue weighted by Gasteiger charge is -2.18. The summed E-state index contributed by atoms with van der Waals surface area (Å²) in [6.45, 7) is 11.0. The fraction of sp³-hybridized carbons (Fsp3) is 0.632. The van der Waals surface area contributed by atoms with E-state index in [-0.39, 0.29) is 0 Å². The van der Waals surface area contributed by atoms with Crippen molar-refractivity contribution < 1.29 is 8.42 Å². The molecule has 0 aromatic heterocycles. The van der Waals surface area contributed by atoms with Crippen molar-refractivity contribution in [3.05, 3.63) is 29.3 Å². The van der Waals surface area contributed by atoms with Gasteiger partial charge < -0.3 is 15.5 Å². The number of aliphatic imine (C=N–C) groups is 1. The van der Waals surface area contributed by atoms with E-state index in [0.29, 0.717) is 11.4 Å². The van der Waals surface area contributed by atoms with Crippen molar-refractivity contribution in [2.24, 2.45) is 4.99 Å². The highest BCUT2D eigenvalue weighted by Gasteiger charge is 2.10. The number of unbranched alkanes of at least 4 members (excludes halogenated alkanes) is 1. The molecule has 0 unspecified atom stereocenters. The molecule has 148 valence electrons. The van der Waals surface area contributed by atoms with E-state index in [0.717, 1.165) is 56.1 Å². The first-order chi connectivity index (χ1) is 12.3. The molecule has 0 amide bonds. The number of rotatable bonds is 10. The SMILES string of the molecule is CCN(CC)CCCCNC(=NC)NCc1ccc(S(C)(=O)=O)c(C)c1. The van der Waals surface area contributed by atoms with Gasteiger partial charge >= 0.3 is 0 Å². The third-order valence-corrected chi connectivity index (χ3v) is 5.67. The van der Waals surface area contributed by atoms with Gasteiger partial charge in [-0.05, 0) is 56.6 Å². The van der Waals surface area contributed by atoms with Crippen molar-refractivity contribution in [1.29, 1.82) is 0 Å². The highest BCUT2D eigenvalue weighted by molar-refractivity contribution is 7.90. The summed E-state index contributed by atoms with van der Waals surface area (Å²) in [7, 11) is -1.42. The molecular weight excluding hydrogens is 348 g/mol. The quantitative estimate of drug-likeness (QED) is 0.369. The molecule has 1 aromatic rings. The number of guanidine groups is 1. The molecular formula is C19H34N4O2S. The predicted octanol–water partition coefficient (Wildman–Crippen LogP) is 2.19. The summed E-state index contributed by atoms with van der Waals surface area (Å²) in [4.78, 5) is 7.05. The summed E-state index contributed by atoms with van der Waals surface area (Å²) < 4.78 is 23.4. The number of nitrogens with one attached hydrogen (secondary N) is 2. The first-order valence-corrected chi connectivity index (χ1v) is 11.2. The van der Waals surface area contributed by atoms with E-state index in [1.165, 1.54) is 6.26 Å². The second-order valence-electron chi connectivity index (χ2n) is 6.46. The lowest BCUT2D eigenvalue weighted by atomic mass is 10.1. The van der Waals surface area contributed by atoms with E-state index in [1.54, 1.807) is 13.1 Å². The van der Waals surface area contributed by atoms with Gasteiger partial charge in [-0.15, -0.1) is 0 Å². The standard InChI is InChI=1S/C19H34N4O2S/c1-6-23(7-2)13-9-8-12-21-19(20-4)22-15-17-10-11-18(16(3)14-17)26(5,24)25/h10-11,14H,6-9,12-13,15H2,1-5H3,(H2,20,21,22). The minimum absolute atomic E-state index is 0.386. The van der Waals surface area contributed by atoms with E-state index in [9.17, 15) is 8.42 Å². The molecule has 0 aliphatic heterocycles. The van der Waals surface area contributed by atoms with Gasteiger partial charge in [0.05, 0.1) is 4.90 Å². The lowest BCUT2D eigenvalue weighted by Crippen LogP contribution is -2.37. The third kappa shape index (κ3) is 7.74. The topological polar surface area (TPSA) is 73.8 Å². The third-order valence-electron chi connectivity index (χ3n) is 4.41. The average Bonchev–Trinajstić information content (AvgIpc) is 2.59. The summed E-state index contributed by atoms with van der Waals surface area (Å²) in [5, 5.41) is 6.60. The largest absolute Gasteiger partial charge is 0.356 e. The highest BCUT2D eigenvalue weighted by Crippen LogP contribution is 2.16. The maximum absolute atomic E-state index is 11.7. The first kappa shape index (κ1) is 22.4. The second-order valence-corrected chi connectivity index (χ2v) is 8.44. The Labute approximate surface area is 159 Å². The fourth-order valence-corrected chi connectivity index (χ4v) is 3.81. The Kier molecular flexibility index (Phi) is 9.65. The van der Waals surface area contributed by atoms with Crippen LogP contribution in [0.15, 0.2) is 28.1 Å². The van der Waals surface area contributed by atoms with Crippen LogP contribution in [0.2, 0.25) is 0 Å². The van der Waals surface area contributed by atoms with Gasteiger partial charge in [0.2, 0.25) is 0 Å². The van der Waals surface area contributed by atoms with Crippen molar-refractivity contribution in [3.63, 3.8) is 0 Å². The minimum Gasteiger partial charge on any atom is -0.356 e. The second kappa shape index (κ2) is 11.2. The minimum atomic E-state index is -3.17. The van der Waals surface area contributed by atoms with Crippen molar-refractivity contribution >= 4 is 15.8 Å². The molecule has 1 aromatic carbocycles. The van der Waals surface area contributed by atoms with Crippen molar-refractivity contribution in [2.75, 3.05) is 39.5 Å². The number of aryl methyl sites for hydroxylation is 1. The van der Waals surface area contributed by atoms with Crippen molar-refractivity contribution in [3.8, 4) is 0 Å². The monoisotopic (exact) mass is 382 g/mol. The van der Waals surface area contributed by atoms with Crippen LogP contribution in [0.5, 0.6) is 0 Å². The zero-order valence-corrected chi connectivity index (χ0v) is 17.6. The Bertz CT molecular complexity index is 683. The van der Waals surface area contributed by atoms with Crippen LogP contribution in [0.25, 0.3) is 0 Å². The van der Waals surface area contributed by atoms with Crippen LogP contribution in [0.4, 0.5) is 0 Å². The van der Waals surface area contributed by atoms with E-state index in [4.69, 9.17) is 0 Å². The van der Waals surface area contributed by atoms with Crippen molar-refractivity contribution in [1.82, 2.24) is 15.5 Å². The molecule has 0 aliphatic carbocycles. The Hall–Kier alpha value is -1.60. The van der Waals surface area contributed by atoms with E-state index >= 15 is 0 Å². The molecule has 7 heteroatoms. The molecule has 0 atom stereocenters. The van der Waals surface area contributed by atoms with Crippen LogP contribution in [-0.2, 0) is 16.4 Å². The molecule has 0 bridgehead atoms. The molecule has 0 saturated heterocycles. The summed E-state index contributed by atoms with van der Waals surface area (Å²) in [5.74, 6) is 0.762. The molecule has 2 N–H and O–H groups in total. The summed E-state index contributed by atoms with van der Waals surface area (Å²) >= 11 is 0. The molecule has 6 nitrogen and oxygen atoms in total. The van der Waals surface area contributed by atoms with Crippen LogP contribution >= 0.6 is 0 Å². The van der Waals surface area contributed by atoms with Crippen LogP contribution in [0.1, 0.15) is 37.8 Å². The predicted molar refractivity (Wildman–Crippen MR) is 110 cm³/mol. The molecule has 0 fully saturated rings. The smallest absolute Gasteiger partial charge is 0.191 e. The number of benzene rings is 1. The van der Waals surface area contributed by atoms with Crippen LogP contribution in [0.3, 0.4) is 0 Å². The van der Waals surface area contributed by atoms with Crippen molar-refractivity contribution in [2.45, 2.75) is 45.1 Å². The van der Waals surface area contributed by atoms with Gasteiger partial charge in [0, 0.05) is 26.4 Å². The van der Waals surface area contributed by atoms with Crippen LogP contribution in [-0.4, -0.2) is 58.8 Å². The van der Waals surface area contributed by atoms with E-state index in [1.807, 2.05) is 19.1 Å². The fourth-order valence-electron chi connectivity index (χ4n) is 2.85. The molecule has 0 radical (unpaired) electrons. The molecule has 1 rings (SSSR count). The van der Waals surface area contributed by atoms with Gasteiger partial charge in [0.1, 0.15) is 0 Å². The van der Waals surface area contributed by atoms with Gasteiger partial charge in [-0.1, -0.05) is 26.0 Å². The van der Waals surface area contributed by atoms with Gasteiger partial charge in [0.25, 0.3) is 0 Å². The zero-order chi connectivity index (χ0) is 19.6. The maximum Gasteiger partial charge on any atom is 0.191 e. The van der Waals surface area contributed by atoms with E-state index < -0.39 is 9.84 Å². The molecule has 0 spiro atoms. The van der Waals surface area contributed by atoms with Gasteiger partial charge in [0.15, 0.2) is 15.8 Å². The summed E-state index contributed by atoms with van der Waals surface area (Å²) in [5.41, 5.74) is 1.80. The Balaban J connectivity index is 2.42. The molecule has 26 heavy (non-hydrogen) atoms.